The molecule has 3 aromatic heterocycles. The number of benzene rings is 2. The van der Waals surface area contributed by atoms with Crippen molar-refractivity contribution in [2.24, 2.45) is 7.05 Å². The zero-order valence-electron chi connectivity index (χ0n) is 26.1. The van der Waals surface area contributed by atoms with Gasteiger partial charge in [-0.2, -0.15) is 0 Å². The van der Waals surface area contributed by atoms with Crippen LogP contribution in [0.1, 0.15) is 48.4 Å². The summed E-state index contributed by atoms with van der Waals surface area (Å²) >= 11 is 0. The molecule has 0 saturated heterocycles. The second kappa shape index (κ2) is 6.04. The van der Waals surface area contributed by atoms with Crippen LogP contribution in [0.4, 0.5) is 0 Å². The number of nitrogens with zero attached hydrogens (tertiary/aromatic N) is 2. The van der Waals surface area contributed by atoms with Gasteiger partial charge in [-0.3, -0.25) is 0 Å². The Morgan fingerprint density at radius 2 is 1.87 bits per heavy atom. The summed E-state index contributed by atoms with van der Waals surface area (Å²) < 4.78 is 81.8. The zero-order valence-corrected chi connectivity index (χ0v) is 17.1. The molecule has 0 bridgehead atoms. The minimum absolute atomic E-state index is 0.0499. The Hall–Kier alpha value is -3.46. The van der Waals surface area contributed by atoms with Crippen molar-refractivity contribution in [3.8, 4) is 22.4 Å². The van der Waals surface area contributed by atoms with Crippen LogP contribution in [0.5, 0.6) is 0 Å². The molecule has 0 atom stereocenters. The molecular weight excluding hydrogens is 380 g/mol. The molecule has 0 unspecified atom stereocenters. The molecule has 5 aromatic rings. The van der Waals surface area contributed by atoms with Gasteiger partial charge in [0.15, 0.2) is 11.8 Å². The lowest BCUT2D eigenvalue weighted by molar-refractivity contribution is -0.660. The molecule has 152 valence electrons. The van der Waals surface area contributed by atoms with E-state index in [0.29, 0.717) is 27.8 Å². The maximum absolute atomic E-state index is 8.43. The highest BCUT2D eigenvalue weighted by Crippen LogP contribution is 2.49. The third kappa shape index (κ3) is 2.40. The van der Waals surface area contributed by atoms with E-state index < -0.39 is 26.0 Å². The molecule has 1 aliphatic carbocycles. The summed E-state index contributed by atoms with van der Waals surface area (Å²) in [6.45, 7) is -6.19. The van der Waals surface area contributed by atoms with E-state index in [1.807, 2.05) is 19.1 Å². The van der Waals surface area contributed by atoms with E-state index in [9.17, 15) is 0 Å². The lowest BCUT2D eigenvalue weighted by atomic mass is 9.85. The summed E-state index contributed by atoms with van der Waals surface area (Å²) in [6, 6.07) is 15.6. The van der Waals surface area contributed by atoms with E-state index in [4.69, 9.17) is 16.8 Å². The highest BCUT2D eigenvalue weighted by molar-refractivity contribution is 6.10. The molecule has 3 nitrogen and oxygen atoms in total. The number of aryl methyl sites for hydroxylation is 3. The number of hydrogen-bond donors (Lipinski definition) is 0. The van der Waals surface area contributed by atoms with E-state index in [0.717, 1.165) is 16.5 Å². The van der Waals surface area contributed by atoms with Crippen molar-refractivity contribution < 1.29 is 21.3 Å². The number of aromatic nitrogens is 2. The first-order chi connectivity index (χ1) is 18.6. The summed E-state index contributed by atoms with van der Waals surface area (Å²) in [6.07, 6.45) is 1.56. The van der Waals surface area contributed by atoms with Crippen LogP contribution in [0.25, 0.3) is 44.5 Å². The predicted octanol–water partition coefficient (Wildman–Crippen LogP) is 6.40. The fourth-order valence-electron chi connectivity index (χ4n) is 4.71. The molecule has 3 heteroatoms. The first-order valence-corrected chi connectivity index (χ1v) is 10.0. The molecule has 3 heterocycles. The van der Waals surface area contributed by atoms with Crippen molar-refractivity contribution in [3.05, 3.63) is 83.2 Å². The van der Waals surface area contributed by atoms with Gasteiger partial charge in [-0.25, -0.2) is 9.55 Å². The van der Waals surface area contributed by atoms with Gasteiger partial charge in [0.05, 0.1) is 11.3 Å². The largest absolute Gasteiger partial charge is 0.437 e. The molecule has 0 aliphatic heterocycles. The summed E-state index contributed by atoms with van der Waals surface area (Å²) in [5.41, 5.74) is 1.95. The molecule has 2 aromatic carbocycles. The van der Waals surface area contributed by atoms with Crippen LogP contribution in [-0.4, -0.2) is 4.98 Å². The fourth-order valence-corrected chi connectivity index (χ4v) is 4.71. The second-order valence-corrected chi connectivity index (χ2v) is 8.18. The van der Waals surface area contributed by atoms with E-state index in [1.165, 1.54) is 0 Å². The molecule has 0 fully saturated rings. The third-order valence-corrected chi connectivity index (χ3v) is 6.21. The van der Waals surface area contributed by atoms with Crippen LogP contribution in [0, 0.1) is 13.8 Å². The molecular formula is C28H25N2O+. The van der Waals surface area contributed by atoms with Gasteiger partial charge in [0.1, 0.15) is 7.05 Å². The van der Waals surface area contributed by atoms with Gasteiger partial charge in [0.2, 0.25) is 11.4 Å². The Labute approximate surface area is 194 Å². The van der Waals surface area contributed by atoms with Crippen LogP contribution in [0.3, 0.4) is 0 Å². The minimum atomic E-state index is -2.92. The summed E-state index contributed by atoms with van der Waals surface area (Å²) in [5, 5.41) is 1.35. The van der Waals surface area contributed by atoms with E-state index in [2.05, 4.69) is 4.98 Å². The van der Waals surface area contributed by atoms with E-state index >= 15 is 0 Å². The van der Waals surface area contributed by atoms with Gasteiger partial charge in [-0.1, -0.05) is 50.1 Å². The molecule has 1 aliphatic rings. The quantitative estimate of drug-likeness (QED) is 0.297. The third-order valence-electron chi connectivity index (χ3n) is 6.21. The Morgan fingerprint density at radius 1 is 1.00 bits per heavy atom. The van der Waals surface area contributed by atoms with Crippen molar-refractivity contribution >= 4 is 22.1 Å². The van der Waals surface area contributed by atoms with Gasteiger partial charge in [0, 0.05) is 45.7 Å². The van der Waals surface area contributed by atoms with Gasteiger partial charge >= 0.3 is 0 Å². The number of fused-ring (bicyclic) bond motifs is 6. The van der Waals surface area contributed by atoms with Crippen molar-refractivity contribution in [1.82, 2.24) is 4.98 Å². The van der Waals surface area contributed by atoms with Gasteiger partial charge in [-0.05, 0) is 42.6 Å². The van der Waals surface area contributed by atoms with Gasteiger partial charge < -0.3 is 4.42 Å². The highest BCUT2D eigenvalue weighted by Gasteiger charge is 2.37. The first-order valence-electron chi connectivity index (χ1n) is 14.5. The van der Waals surface area contributed by atoms with E-state index in [-0.39, 0.29) is 22.5 Å². The van der Waals surface area contributed by atoms with Crippen molar-refractivity contribution in [2.75, 3.05) is 0 Å². The lowest BCUT2D eigenvalue weighted by Gasteiger charge is -2.19. The standard InChI is InChI=1S/C28H25N2O/c1-16-10-13-23(30(5)15-16)24-17(2)11-12-19-21-14-20-18-8-6-7-9-22(18)28(3,4)26(20)29-27(21)31-25(19)24/h6-15H,1-5H3/q+1/i1D3,3D3,4D3. The van der Waals surface area contributed by atoms with Crippen molar-refractivity contribution in [1.29, 1.82) is 0 Å². The van der Waals surface area contributed by atoms with Gasteiger partial charge in [-0.15, -0.1) is 0 Å². The zero-order chi connectivity index (χ0) is 29.0. The van der Waals surface area contributed by atoms with Crippen LogP contribution < -0.4 is 4.57 Å². The summed E-state index contributed by atoms with van der Waals surface area (Å²) in [4.78, 5) is 4.66. The van der Waals surface area contributed by atoms with Crippen LogP contribution in [0.2, 0.25) is 0 Å². The monoisotopic (exact) mass is 414 g/mol. The normalized spacial score (nSPS) is 19.7. The smallest absolute Gasteiger partial charge is 0.227 e. The second-order valence-electron chi connectivity index (χ2n) is 8.18. The molecule has 0 saturated carbocycles. The van der Waals surface area contributed by atoms with Crippen LogP contribution in [0.15, 0.2) is 65.2 Å². The maximum Gasteiger partial charge on any atom is 0.227 e. The van der Waals surface area contributed by atoms with Crippen molar-refractivity contribution in [2.45, 2.75) is 32.9 Å². The highest BCUT2D eigenvalue weighted by atomic mass is 16.3. The van der Waals surface area contributed by atoms with Crippen LogP contribution in [-0.2, 0) is 12.5 Å². The number of pyridine rings is 2. The molecule has 0 radical (unpaired) electrons. The average Bonchev–Trinajstić information content (AvgIpc) is 3.35. The Morgan fingerprint density at radius 3 is 2.68 bits per heavy atom. The van der Waals surface area contributed by atoms with Crippen molar-refractivity contribution in [3.63, 3.8) is 0 Å². The topological polar surface area (TPSA) is 29.9 Å². The molecule has 0 amide bonds. The Kier molecular flexibility index (Phi) is 2.19. The number of furan rings is 1. The summed E-state index contributed by atoms with van der Waals surface area (Å²) in [5.74, 6) is 0. The minimum Gasteiger partial charge on any atom is -0.437 e. The van der Waals surface area contributed by atoms with Crippen LogP contribution >= 0.6 is 0 Å². The molecule has 0 N–H and O–H groups in total. The van der Waals surface area contributed by atoms with Gasteiger partial charge in [0.25, 0.3) is 0 Å². The molecule has 31 heavy (non-hydrogen) atoms. The fraction of sp³-hybridized carbons (Fsp3) is 0.214. The summed E-state index contributed by atoms with van der Waals surface area (Å²) in [7, 11) is 1.76. The SMILES string of the molecule is [2H]C([2H])([2H])c1ccc(-c2c(C)ccc3c2oc2nc4c(cc23)-c2ccccc2C4(C([2H])([2H])[2H])C([2H])([2H])[2H])[n+](C)c1. The Balaban J connectivity index is 1.69. The number of rotatable bonds is 1. The Bertz CT molecular complexity index is 1830. The first kappa shape index (κ1) is 11.2. The maximum atomic E-state index is 8.43. The number of hydrogen-bond acceptors (Lipinski definition) is 2. The average molecular weight is 415 g/mol. The lowest BCUT2D eigenvalue weighted by Crippen LogP contribution is -2.31. The predicted molar refractivity (Wildman–Crippen MR) is 125 cm³/mol. The molecule has 6 rings (SSSR count). The van der Waals surface area contributed by atoms with E-state index in [1.54, 1.807) is 60.3 Å². The molecule has 0 spiro atoms.